The van der Waals surface area contributed by atoms with Gasteiger partial charge in [-0.25, -0.2) is 4.39 Å². The standard InChI is InChI=1S/C18H17ClFNO3/c1-2-23-14-4-6-17-11(8-14)7-12(10-24-17)18(22)21-16-9-13(19)3-5-15(16)20/h3-6,8-9,12H,2,7,10H2,1H3,(H,21,22). The topological polar surface area (TPSA) is 47.6 Å². The van der Waals surface area contributed by atoms with Crippen molar-refractivity contribution >= 4 is 23.2 Å². The molecule has 126 valence electrons. The highest BCUT2D eigenvalue weighted by Crippen LogP contribution is 2.31. The first-order valence-electron chi connectivity index (χ1n) is 7.71. The molecule has 1 atom stereocenters. The monoisotopic (exact) mass is 349 g/mol. The fraction of sp³-hybridized carbons (Fsp3) is 0.278. The minimum atomic E-state index is -0.525. The maximum absolute atomic E-state index is 13.8. The molecule has 1 heterocycles. The number of hydrogen-bond donors (Lipinski definition) is 1. The summed E-state index contributed by atoms with van der Waals surface area (Å²) in [6.45, 7) is 2.72. The van der Waals surface area contributed by atoms with E-state index in [1.807, 2.05) is 25.1 Å². The second kappa shape index (κ2) is 7.09. The van der Waals surface area contributed by atoms with Gasteiger partial charge in [0, 0.05) is 5.02 Å². The number of benzene rings is 2. The second-order valence-corrected chi connectivity index (χ2v) is 5.96. The lowest BCUT2D eigenvalue weighted by molar-refractivity contribution is -0.121. The first-order valence-corrected chi connectivity index (χ1v) is 8.09. The summed E-state index contributed by atoms with van der Waals surface area (Å²) in [5.74, 6) is 0.248. The van der Waals surface area contributed by atoms with Crippen LogP contribution in [0.5, 0.6) is 11.5 Å². The predicted octanol–water partition coefficient (Wildman–Crippen LogP) is 4.07. The molecule has 0 bridgehead atoms. The molecule has 0 fully saturated rings. The van der Waals surface area contributed by atoms with Gasteiger partial charge in [0.05, 0.1) is 18.2 Å². The molecule has 2 aromatic carbocycles. The fourth-order valence-electron chi connectivity index (χ4n) is 2.62. The Labute approximate surface area is 144 Å². The molecule has 0 saturated heterocycles. The van der Waals surface area contributed by atoms with Crippen LogP contribution < -0.4 is 14.8 Å². The van der Waals surface area contributed by atoms with Gasteiger partial charge in [0.1, 0.15) is 23.9 Å². The number of hydrogen-bond acceptors (Lipinski definition) is 3. The van der Waals surface area contributed by atoms with E-state index in [9.17, 15) is 9.18 Å². The summed E-state index contributed by atoms with van der Waals surface area (Å²) in [5.41, 5.74) is 0.972. The van der Waals surface area contributed by atoms with Crippen molar-refractivity contribution in [1.29, 1.82) is 0 Å². The van der Waals surface area contributed by atoms with E-state index in [1.165, 1.54) is 18.2 Å². The largest absolute Gasteiger partial charge is 0.494 e. The van der Waals surface area contributed by atoms with E-state index >= 15 is 0 Å². The molecule has 0 radical (unpaired) electrons. The number of rotatable bonds is 4. The number of carbonyl (C=O) groups is 1. The van der Waals surface area contributed by atoms with Crippen LogP contribution in [-0.4, -0.2) is 19.1 Å². The molecular weight excluding hydrogens is 333 g/mol. The molecule has 1 unspecified atom stereocenters. The number of halogens is 2. The van der Waals surface area contributed by atoms with Gasteiger partial charge in [0.25, 0.3) is 0 Å². The Kier molecular flexibility index (Phi) is 4.90. The molecule has 24 heavy (non-hydrogen) atoms. The lowest BCUT2D eigenvalue weighted by Crippen LogP contribution is -2.32. The lowest BCUT2D eigenvalue weighted by Gasteiger charge is -2.25. The molecule has 0 spiro atoms. The summed E-state index contributed by atoms with van der Waals surface area (Å²) in [7, 11) is 0. The van der Waals surface area contributed by atoms with Crippen LogP contribution in [0.25, 0.3) is 0 Å². The maximum atomic E-state index is 13.8. The van der Waals surface area contributed by atoms with Gasteiger partial charge in [-0.15, -0.1) is 0 Å². The van der Waals surface area contributed by atoms with Crippen LogP contribution in [0.1, 0.15) is 12.5 Å². The Hall–Kier alpha value is -2.27. The predicted molar refractivity (Wildman–Crippen MR) is 90.3 cm³/mol. The summed E-state index contributed by atoms with van der Waals surface area (Å²) < 4.78 is 24.9. The normalized spacial score (nSPS) is 16.0. The maximum Gasteiger partial charge on any atom is 0.231 e. The highest BCUT2D eigenvalue weighted by molar-refractivity contribution is 6.30. The van der Waals surface area contributed by atoms with E-state index in [-0.39, 0.29) is 18.2 Å². The third-order valence-electron chi connectivity index (χ3n) is 3.81. The van der Waals surface area contributed by atoms with Gasteiger partial charge in [-0.1, -0.05) is 11.6 Å². The quantitative estimate of drug-likeness (QED) is 0.905. The molecular formula is C18H17ClFNO3. The Morgan fingerprint density at radius 3 is 3.00 bits per heavy atom. The van der Waals surface area contributed by atoms with Crippen molar-refractivity contribution in [3.63, 3.8) is 0 Å². The molecule has 0 aromatic heterocycles. The van der Waals surface area contributed by atoms with Gasteiger partial charge in [0.15, 0.2) is 0 Å². The van der Waals surface area contributed by atoms with Crippen LogP contribution in [-0.2, 0) is 11.2 Å². The van der Waals surface area contributed by atoms with Crippen molar-refractivity contribution < 1.29 is 18.7 Å². The zero-order valence-corrected chi connectivity index (χ0v) is 13.9. The smallest absolute Gasteiger partial charge is 0.231 e. The van der Waals surface area contributed by atoms with E-state index < -0.39 is 11.7 Å². The molecule has 1 aliphatic heterocycles. The van der Waals surface area contributed by atoms with E-state index in [4.69, 9.17) is 21.1 Å². The van der Waals surface area contributed by atoms with Crippen molar-refractivity contribution in [2.24, 2.45) is 5.92 Å². The Balaban J connectivity index is 1.73. The highest BCUT2D eigenvalue weighted by atomic mass is 35.5. The van der Waals surface area contributed by atoms with Crippen LogP contribution >= 0.6 is 11.6 Å². The van der Waals surface area contributed by atoms with E-state index in [2.05, 4.69) is 5.32 Å². The second-order valence-electron chi connectivity index (χ2n) is 5.53. The van der Waals surface area contributed by atoms with Crippen molar-refractivity contribution in [2.75, 3.05) is 18.5 Å². The van der Waals surface area contributed by atoms with Crippen LogP contribution in [0.4, 0.5) is 10.1 Å². The Bertz CT molecular complexity index is 766. The summed E-state index contributed by atoms with van der Waals surface area (Å²) in [6.07, 6.45) is 0.504. The van der Waals surface area contributed by atoms with Gasteiger partial charge in [-0.05, 0) is 55.3 Å². The zero-order valence-electron chi connectivity index (χ0n) is 13.1. The van der Waals surface area contributed by atoms with Gasteiger partial charge >= 0.3 is 0 Å². The summed E-state index contributed by atoms with van der Waals surface area (Å²) >= 11 is 5.84. The van der Waals surface area contributed by atoms with Crippen LogP contribution in [0.2, 0.25) is 5.02 Å². The van der Waals surface area contributed by atoms with E-state index in [0.29, 0.717) is 18.1 Å². The molecule has 0 saturated carbocycles. The average molecular weight is 350 g/mol. The molecule has 4 nitrogen and oxygen atoms in total. The Morgan fingerprint density at radius 2 is 2.21 bits per heavy atom. The molecule has 2 aromatic rings. The third kappa shape index (κ3) is 3.62. The highest BCUT2D eigenvalue weighted by Gasteiger charge is 2.27. The molecule has 1 amide bonds. The lowest BCUT2D eigenvalue weighted by atomic mass is 9.95. The van der Waals surface area contributed by atoms with Crippen LogP contribution in [0, 0.1) is 11.7 Å². The van der Waals surface area contributed by atoms with Crippen LogP contribution in [0.15, 0.2) is 36.4 Å². The van der Waals surface area contributed by atoms with Gasteiger partial charge in [-0.2, -0.15) is 0 Å². The molecule has 6 heteroatoms. The van der Waals surface area contributed by atoms with Crippen molar-refractivity contribution in [3.8, 4) is 11.5 Å². The third-order valence-corrected chi connectivity index (χ3v) is 4.04. The minimum Gasteiger partial charge on any atom is -0.494 e. The average Bonchev–Trinajstić information content (AvgIpc) is 2.58. The number of fused-ring (bicyclic) bond motifs is 1. The SMILES string of the molecule is CCOc1ccc2c(c1)CC(C(=O)Nc1cc(Cl)ccc1F)CO2. The molecule has 1 aliphatic rings. The van der Waals surface area contributed by atoms with E-state index in [1.54, 1.807) is 0 Å². The van der Waals surface area contributed by atoms with Gasteiger partial charge < -0.3 is 14.8 Å². The summed E-state index contributed by atoms with van der Waals surface area (Å²) in [6, 6.07) is 9.59. The molecule has 0 aliphatic carbocycles. The van der Waals surface area contributed by atoms with Crippen molar-refractivity contribution in [3.05, 3.63) is 52.8 Å². The first-order chi connectivity index (χ1) is 11.6. The fourth-order valence-corrected chi connectivity index (χ4v) is 2.80. The number of amides is 1. The van der Waals surface area contributed by atoms with Gasteiger partial charge in [0.2, 0.25) is 5.91 Å². The zero-order chi connectivity index (χ0) is 17.1. The Morgan fingerprint density at radius 1 is 1.38 bits per heavy atom. The summed E-state index contributed by atoms with van der Waals surface area (Å²) in [5, 5.41) is 2.94. The number of anilines is 1. The van der Waals surface area contributed by atoms with Gasteiger partial charge in [-0.3, -0.25) is 4.79 Å². The molecule has 1 N–H and O–H groups in total. The number of ether oxygens (including phenoxy) is 2. The van der Waals surface area contributed by atoms with E-state index in [0.717, 1.165) is 17.1 Å². The van der Waals surface area contributed by atoms with Crippen LogP contribution in [0.3, 0.4) is 0 Å². The molecule has 3 rings (SSSR count). The van der Waals surface area contributed by atoms with Crippen molar-refractivity contribution in [2.45, 2.75) is 13.3 Å². The number of carbonyl (C=O) groups excluding carboxylic acids is 1. The van der Waals surface area contributed by atoms with Crippen molar-refractivity contribution in [1.82, 2.24) is 0 Å². The summed E-state index contributed by atoms with van der Waals surface area (Å²) in [4.78, 5) is 12.4. The minimum absolute atomic E-state index is 0.0707. The number of nitrogens with one attached hydrogen (secondary N) is 1. The first kappa shape index (κ1) is 16.6.